The van der Waals surface area contributed by atoms with Crippen LogP contribution in [0.25, 0.3) is 0 Å². The van der Waals surface area contributed by atoms with Crippen molar-refractivity contribution in [2.75, 3.05) is 0 Å². The maximum atomic E-state index is 3.55. The van der Waals surface area contributed by atoms with Gasteiger partial charge in [0.15, 0.2) is 0 Å². The minimum atomic E-state index is 0.560. The second-order valence-corrected chi connectivity index (χ2v) is 7.43. The average molecular weight is 209 g/mol. The Morgan fingerprint density at radius 3 is 2.20 bits per heavy atom. The number of nitrogens with one attached hydrogen (secondary N) is 1. The van der Waals surface area contributed by atoms with Crippen LogP contribution in [0.1, 0.15) is 60.3 Å². The van der Waals surface area contributed by atoms with Gasteiger partial charge in [-0.2, -0.15) is 0 Å². The first-order valence-electron chi connectivity index (χ1n) is 6.56. The Labute approximate surface area is 95.0 Å². The lowest BCUT2D eigenvalue weighted by atomic mass is 9.59. The van der Waals surface area contributed by atoms with E-state index in [2.05, 4.69) is 39.9 Å². The quantitative estimate of drug-likeness (QED) is 0.690. The Hall–Kier alpha value is -0.0400. The fourth-order valence-electron chi connectivity index (χ4n) is 4.36. The van der Waals surface area contributed by atoms with Crippen molar-refractivity contribution in [3.05, 3.63) is 0 Å². The first-order chi connectivity index (χ1) is 6.80. The summed E-state index contributed by atoms with van der Waals surface area (Å²) in [6.45, 7) is 12.2. The average Bonchev–Trinajstić information content (AvgIpc) is 2.57. The molecule has 0 spiro atoms. The molecule has 1 N–H and O–H groups in total. The molecular formula is C14H27N. The van der Waals surface area contributed by atoms with Gasteiger partial charge in [0.1, 0.15) is 0 Å². The highest BCUT2D eigenvalue weighted by Crippen LogP contribution is 2.51. The summed E-state index contributed by atoms with van der Waals surface area (Å²) in [5.41, 5.74) is 1.15. The molecule has 88 valence electrons. The molecule has 4 unspecified atom stereocenters. The Bertz CT molecular complexity index is 246. The van der Waals surface area contributed by atoms with Crippen molar-refractivity contribution < 1.29 is 0 Å². The maximum Gasteiger partial charge on any atom is 0.0226 e. The van der Waals surface area contributed by atoms with E-state index >= 15 is 0 Å². The van der Waals surface area contributed by atoms with E-state index < -0.39 is 0 Å². The zero-order chi connectivity index (χ0) is 11.3. The standard InChI is InChI=1S/C14H27N/c1-10-6-13(3,4)9-14(5,7-10)8-12-11(2)15-12/h10-12,15H,6-9H2,1-5H3. The van der Waals surface area contributed by atoms with Crippen molar-refractivity contribution in [3.8, 4) is 0 Å². The van der Waals surface area contributed by atoms with E-state index in [0.29, 0.717) is 10.8 Å². The van der Waals surface area contributed by atoms with Gasteiger partial charge in [0.25, 0.3) is 0 Å². The fourth-order valence-corrected chi connectivity index (χ4v) is 4.36. The molecule has 0 aromatic carbocycles. The molecule has 2 fully saturated rings. The lowest BCUT2D eigenvalue weighted by Gasteiger charge is -2.46. The van der Waals surface area contributed by atoms with Crippen LogP contribution >= 0.6 is 0 Å². The third-order valence-corrected chi connectivity index (χ3v) is 4.33. The fraction of sp³-hybridized carbons (Fsp3) is 1.00. The molecule has 0 aromatic rings. The Kier molecular flexibility index (Phi) is 2.65. The highest BCUT2D eigenvalue weighted by molar-refractivity contribution is 5.01. The van der Waals surface area contributed by atoms with Crippen molar-refractivity contribution in [1.29, 1.82) is 0 Å². The molecule has 0 radical (unpaired) electrons. The van der Waals surface area contributed by atoms with Gasteiger partial charge in [-0.3, -0.25) is 0 Å². The lowest BCUT2D eigenvalue weighted by molar-refractivity contribution is 0.0539. The molecule has 1 aliphatic carbocycles. The van der Waals surface area contributed by atoms with E-state index in [1.54, 1.807) is 0 Å². The predicted octanol–water partition coefficient (Wildman–Crippen LogP) is 3.59. The molecule has 0 bridgehead atoms. The van der Waals surface area contributed by atoms with Crippen molar-refractivity contribution >= 4 is 0 Å². The van der Waals surface area contributed by atoms with Gasteiger partial charge in [-0.05, 0) is 49.4 Å². The molecule has 0 aromatic heterocycles. The molecule has 1 nitrogen and oxygen atoms in total. The molecule has 1 heteroatoms. The molecule has 2 rings (SSSR count). The summed E-state index contributed by atoms with van der Waals surface area (Å²) in [6, 6.07) is 1.60. The third kappa shape index (κ3) is 2.75. The van der Waals surface area contributed by atoms with E-state index in [-0.39, 0.29) is 0 Å². The van der Waals surface area contributed by atoms with Crippen LogP contribution in [-0.4, -0.2) is 12.1 Å². The first-order valence-corrected chi connectivity index (χ1v) is 6.56. The predicted molar refractivity (Wildman–Crippen MR) is 65.9 cm³/mol. The van der Waals surface area contributed by atoms with Crippen LogP contribution in [0.5, 0.6) is 0 Å². The number of rotatable bonds is 2. The van der Waals surface area contributed by atoms with Crippen LogP contribution in [0.3, 0.4) is 0 Å². The van der Waals surface area contributed by atoms with E-state index in [9.17, 15) is 0 Å². The van der Waals surface area contributed by atoms with Crippen LogP contribution in [0.15, 0.2) is 0 Å². The molecule has 15 heavy (non-hydrogen) atoms. The zero-order valence-corrected chi connectivity index (χ0v) is 11.1. The molecular weight excluding hydrogens is 182 g/mol. The summed E-state index contributed by atoms with van der Waals surface area (Å²) in [5.74, 6) is 0.910. The smallest absolute Gasteiger partial charge is 0.0226 e. The minimum Gasteiger partial charge on any atom is -0.308 e. The molecule has 1 aliphatic heterocycles. The van der Waals surface area contributed by atoms with E-state index in [4.69, 9.17) is 0 Å². The number of hydrogen-bond acceptors (Lipinski definition) is 1. The van der Waals surface area contributed by atoms with Crippen LogP contribution in [-0.2, 0) is 0 Å². The monoisotopic (exact) mass is 209 g/mol. The molecule has 1 saturated heterocycles. The highest BCUT2D eigenvalue weighted by atomic mass is 15.1. The Morgan fingerprint density at radius 1 is 1.13 bits per heavy atom. The van der Waals surface area contributed by atoms with Crippen molar-refractivity contribution in [1.82, 2.24) is 5.32 Å². The van der Waals surface area contributed by atoms with Gasteiger partial charge in [0.05, 0.1) is 0 Å². The van der Waals surface area contributed by atoms with Crippen molar-refractivity contribution in [3.63, 3.8) is 0 Å². The zero-order valence-electron chi connectivity index (χ0n) is 11.1. The number of hydrogen-bond donors (Lipinski definition) is 1. The molecule has 1 heterocycles. The topological polar surface area (TPSA) is 21.9 Å². The second-order valence-electron chi connectivity index (χ2n) is 7.43. The third-order valence-electron chi connectivity index (χ3n) is 4.33. The van der Waals surface area contributed by atoms with E-state index in [1.807, 2.05) is 0 Å². The van der Waals surface area contributed by atoms with Crippen LogP contribution < -0.4 is 5.32 Å². The minimum absolute atomic E-state index is 0.560. The van der Waals surface area contributed by atoms with Gasteiger partial charge in [-0.1, -0.05) is 27.7 Å². The van der Waals surface area contributed by atoms with Gasteiger partial charge in [0.2, 0.25) is 0 Å². The largest absolute Gasteiger partial charge is 0.308 e. The Morgan fingerprint density at radius 2 is 1.73 bits per heavy atom. The summed E-state index contributed by atoms with van der Waals surface area (Å²) in [5, 5.41) is 3.55. The van der Waals surface area contributed by atoms with E-state index in [1.165, 1.54) is 25.7 Å². The summed E-state index contributed by atoms with van der Waals surface area (Å²) in [7, 11) is 0. The molecule has 2 aliphatic rings. The van der Waals surface area contributed by atoms with Gasteiger partial charge in [-0.25, -0.2) is 0 Å². The van der Waals surface area contributed by atoms with Crippen LogP contribution in [0.4, 0.5) is 0 Å². The van der Waals surface area contributed by atoms with Gasteiger partial charge in [-0.15, -0.1) is 0 Å². The molecule has 1 saturated carbocycles. The van der Waals surface area contributed by atoms with Crippen molar-refractivity contribution in [2.45, 2.75) is 72.4 Å². The van der Waals surface area contributed by atoms with Gasteiger partial charge in [0, 0.05) is 12.1 Å². The second kappa shape index (κ2) is 3.48. The molecule has 4 atom stereocenters. The lowest BCUT2D eigenvalue weighted by Crippen LogP contribution is -2.36. The first kappa shape index (κ1) is 11.4. The summed E-state index contributed by atoms with van der Waals surface area (Å²) < 4.78 is 0. The van der Waals surface area contributed by atoms with Gasteiger partial charge >= 0.3 is 0 Å². The van der Waals surface area contributed by atoms with Crippen molar-refractivity contribution in [2.24, 2.45) is 16.7 Å². The van der Waals surface area contributed by atoms with Gasteiger partial charge < -0.3 is 5.32 Å². The highest BCUT2D eigenvalue weighted by Gasteiger charge is 2.44. The maximum absolute atomic E-state index is 3.55. The summed E-state index contributed by atoms with van der Waals surface area (Å²) in [4.78, 5) is 0. The van der Waals surface area contributed by atoms with E-state index in [0.717, 1.165) is 18.0 Å². The Balaban J connectivity index is 1.99. The summed E-state index contributed by atoms with van der Waals surface area (Å²) in [6.07, 6.45) is 5.65. The normalized spacial score (nSPS) is 49.0. The van der Waals surface area contributed by atoms with Crippen LogP contribution in [0, 0.1) is 16.7 Å². The molecule has 0 amide bonds. The van der Waals surface area contributed by atoms with Crippen LogP contribution in [0.2, 0.25) is 0 Å². The SMILES string of the molecule is CC1CC(C)(C)CC(C)(CC2NC2C)C1. The summed E-state index contributed by atoms with van der Waals surface area (Å²) >= 11 is 0.